The molecule has 23 heavy (non-hydrogen) atoms. The molecule has 2 heterocycles. The van der Waals surface area contributed by atoms with E-state index in [4.69, 9.17) is 4.98 Å². The van der Waals surface area contributed by atoms with Crippen molar-refractivity contribution in [3.05, 3.63) is 85.2 Å². The molecule has 110 valence electrons. The number of hydrogen-bond donors (Lipinski definition) is 0. The van der Waals surface area contributed by atoms with Crippen molar-refractivity contribution >= 4 is 11.3 Å². The normalized spacial score (nSPS) is 10.6. The first-order valence-electron chi connectivity index (χ1n) is 7.44. The van der Waals surface area contributed by atoms with Crippen molar-refractivity contribution in [1.29, 1.82) is 0 Å². The van der Waals surface area contributed by atoms with Crippen LogP contribution in [-0.2, 0) is 0 Å². The van der Waals surface area contributed by atoms with Crippen molar-refractivity contribution in [3.63, 3.8) is 0 Å². The van der Waals surface area contributed by atoms with E-state index in [1.54, 1.807) is 17.5 Å². The van der Waals surface area contributed by atoms with Gasteiger partial charge in [0.05, 0.1) is 10.6 Å². The van der Waals surface area contributed by atoms with E-state index in [9.17, 15) is 0 Å². The molecule has 0 aliphatic rings. The van der Waals surface area contributed by atoms with Gasteiger partial charge < -0.3 is 0 Å². The summed E-state index contributed by atoms with van der Waals surface area (Å²) in [6.45, 7) is 0. The Hall–Kier alpha value is -2.78. The van der Waals surface area contributed by atoms with Crippen LogP contribution in [0.1, 0.15) is 0 Å². The highest BCUT2D eigenvalue weighted by Gasteiger charge is 2.15. The van der Waals surface area contributed by atoms with Gasteiger partial charge in [-0.15, -0.1) is 11.3 Å². The molecule has 2 nitrogen and oxygen atoms in total. The van der Waals surface area contributed by atoms with Crippen LogP contribution in [0.2, 0.25) is 0 Å². The van der Waals surface area contributed by atoms with Crippen LogP contribution in [0.5, 0.6) is 0 Å². The van der Waals surface area contributed by atoms with Crippen molar-refractivity contribution in [3.8, 4) is 32.3 Å². The molecule has 0 aliphatic heterocycles. The van der Waals surface area contributed by atoms with E-state index in [-0.39, 0.29) is 0 Å². The van der Waals surface area contributed by atoms with Crippen molar-refractivity contribution in [2.24, 2.45) is 0 Å². The first-order valence-corrected chi connectivity index (χ1v) is 8.25. The maximum atomic E-state index is 4.91. The maximum Gasteiger partial charge on any atom is 0.124 e. The molecule has 4 rings (SSSR count). The highest BCUT2D eigenvalue weighted by atomic mass is 32.1. The van der Waals surface area contributed by atoms with Gasteiger partial charge in [-0.05, 0) is 17.7 Å². The summed E-state index contributed by atoms with van der Waals surface area (Å²) in [6.07, 6.45) is 3.66. The SMILES string of the molecule is c1ccc(-c2nc(-c3cccnc3)c(-c3ccccc3)s2)cc1. The number of thiazole rings is 1. The van der Waals surface area contributed by atoms with E-state index in [1.165, 1.54) is 10.4 Å². The average Bonchev–Trinajstić information content (AvgIpc) is 3.09. The second-order valence-corrected chi connectivity index (χ2v) is 6.17. The highest BCUT2D eigenvalue weighted by molar-refractivity contribution is 7.19. The van der Waals surface area contributed by atoms with Crippen LogP contribution < -0.4 is 0 Å². The summed E-state index contributed by atoms with van der Waals surface area (Å²) >= 11 is 1.72. The zero-order chi connectivity index (χ0) is 15.5. The van der Waals surface area contributed by atoms with Crippen molar-refractivity contribution in [2.75, 3.05) is 0 Å². The first-order chi connectivity index (χ1) is 11.4. The minimum absolute atomic E-state index is 0.994. The second kappa shape index (κ2) is 6.15. The van der Waals surface area contributed by atoms with Crippen molar-refractivity contribution in [2.45, 2.75) is 0 Å². The van der Waals surface area contributed by atoms with Crippen molar-refractivity contribution in [1.82, 2.24) is 9.97 Å². The smallest absolute Gasteiger partial charge is 0.124 e. The summed E-state index contributed by atoms with van der Waals surface area (Å²) < 4.78 is 0. The summed E-state index contributed by atoms with van der Waals surface area (Å²) in [7, 11) is 0. The van der Waals surface area contributed by atoms with Gasteiger partial charge in [0.2, 0.25) is 0 Å². The van der Waals surface area contributed by atoms with E-state index in [0.717, 1.165) is 21.8 Å². The highest BCUT2D eigenvalue weighted by Crippen LogP contribution is 2.40. The van der Waals surface area contributed by atoms with Gasteiger partial charge in [-0.25, -0.2) is 4.98 Å². The molecule has 0 radical (unpaired) electrons. The molecule has 0 amide bonds. The third-order valence-corrected chi connectivity index (χ3v) is 4.77. The number of aromatic nitrogens is 2. The predicted octanol–water partition coefficient (Wildman–Crippen LogP) is 5.54. The molecule has 2 aromatic heterocycles. The molecule has 0 aliphatic carbocycles. The summed E-state index contributed by atoms with van der Waals surface area (Å²) in [6, 6.07) is 24.7. The summed E-state index contributed by atoms with van der Waals surface area (Å²) in [5.41, 5.74) is 4.37. The predicted molar refractivity (Wildman–Crippen MR) is 96.2 cm³/mol. The van der Waals surface area contributed by atoms with Crippen LogP contribution >= 0.6 is 11.3 Å². The first kappa shape index (κ1) is 13.9. The minimum Gasteiger partial charge on any atom is -0.264 e. The zero-order valence-electron chi connectivity index (χ0n) is 12.4. The molecule has 2 aromatic carbocycles. The fraction of sp³-hybridized carbons (Fsp3) is 0. The van der Waals surface area contributed by atoms with E-state index >= 15 is 0 Å². The maximum absolute atomic E-state index is 4.91. The van der Waals surface area contributed by atoms with E-state index in [2.05, 4.69) is 47.4 Å². The lowest BCUT2D eigenvalue weighted by molar-refractivity contribution is 1.31. The Balaban J connectivity index is 1.91. The Labute approximate surface area is 139 Å². The van der Waals surface area contributed by atoms with Gasteiger partial charge in [-0.3, -0.25) is 4.98 Å². The van der Waals surface area contributed by atoms with Crippen LogP contribution in [0.3, 0.4) is 0 Å². The standard InChI is InChI=1S/C20H14N2S/c1-3-8-15(9-4-1)19-18(17-12-7-13-21-14-17)22-20(23-19)16-10-5-2-6-11-16/h1-14H. The number of pyridine rings is 1. The molecule has 0 fully saturated rings. The molecule has 0 saturated heterocycles. The molecule has 3 heteroatoms. The van der Waals surface area contributed by atoms with Gasteiger partial charge in [0.15, 0.2) is 0 Å². The van der Waals surface area contributed by atoms with E-state index in [1.807, 2.05) is 36.5 Å². The Bertz CT molecular complexity index is 843. The van der Waals surface area contributed by atoms with Gasteiger partial charge in [-0.1, -0.05) is 60.7 Å². The molecule has 0 N–H and O–H groups in total. The average molecular weight is 314 g/mol. The Morgan fingerprint density at radius 2 is 1.30 bits per heavy atom. The third kappa shape index (κ3) is 2.79. The summed E-state index contributed by atoms with van der Waals surface area (Å²) in [5, 5.41) is 1.03. The topological polar surface area (TPSA) is 25.8 Å². The molecule has 0 atom stereocenters. The second-order valence-electron chi connectivity index (χ2n) is 5.17. The van der Waals surface area contributed by atoms with Gasteiger partial charge in [0.1, 0.15) is 5.01 Å². The lowest BCUT2D eigenvalue weighted by Gasteiger charge is -2.01. The molecular weight excluding hydrogens is 300 g/mol. The number of benzene rings is 2. The molecule has 0 bridgehead atoms. The van der Waals surface area contributed by atoms with Gasteiger partial charge in [-0.2, -0.15) is 0 Å². The molecule has 0 unspecified atom stereocenters. The van der Waals surface area contributed by atoms with Crippen LogP contribution in [-0.4, -0.2) is 9.97 Å². The molecule has 0 saturated carbocycles. The lowest BCUT2D eigenvalue weighted by Crippen LogP contribution is -1.83. The number of hydrogen-bond acceptors (Lipinski definition) is 3. The fourth-order valence-corrected chi connectivity index (χ4v) is 3.61. The van der Waals surface area contributed by atoms with E-state index < -0.39 is 0 Å². The van der Waals surface area contributed by atoms with Crippen molar-refractivity contribution < 1.29 is 0 Å². The summed E-state index contributed by atoms with van der Waals surface area (Å²) in [4.78, 5) is 10.3. The Morgan fingerprint density at radius 1 is 0.652 bits per heavy atom. The summed E-state index contributed by atoms with van der Waals surface area (Å²) in [5.74, 6) is 0. The quantitative estimate of drug-likeness (QED) is 0.496. The van der Waals surface area contributed by atoms with Crippen LogP contribution in [0.4, 0.5) is 0 Å². The van der Waals surface area contributed by atoms with E-state index in [0.29, 0.717) is 0 Å². The molecule has 4 aromatic rings. The largest absolute Gasteiger partial charge is 0.264 e. The fourth-order valence-electron chi connectivity index (χ4n) is 2.51. The van der Waals surface area contributed by atoms with Gasteiger partial charge >= 0.3 is 0 Å². The van der Waals surface area contributed by atoms with Gasteiger partial charge in [0.25, 0.3) is 0 Å². The molecule has 0 spiro atoms. The Morgan fingerprint density at radius 3 is 1.96 bits per heavy atom. The number of nitrogens with zero attached hydrogens (tertiary/aromatic N) is 2. The monoisotopic (exact) mass is 314 g/mol. The number of rotatable bonds is 3. The zero-order valence-corrected chi connectivity index (χ0v) is 13.2. The van der Waals surface area contributed by atoms with Crippen LogP contribution in [0, 0.1) is 0 Å². The molecular formula is C20H14N2S. The Kier molecular flexibility index (Phi) is 3.70. The minimum atomic E-state index is 0.994. The van der Waals surface area contributed by atoms with Crippen LogP contribution in [0.25, 0.3) is 32.3 Å². The third-order valence-electron chi connectivity index (χ3n) is 3.62. The van der Waals surface area contributed by atoms with Gasteiger partial charge in [0, 0.05) is 23.5 Å². The van der Waals surface area contributed by atoms with Crippen LogP contribution in [0.15, 0.2) is 85.2 Å². The lowest BCUT2D eigenvalue weighted by atomic mass is 10.1.